The second-order valence-electron chi connectivity index (χ2n) is 8.50. The molecule has 0 aliphatic carbocycles. The van der Waals surface area contributed by atoms with Crippen molar-refractivity contribution >= 4 is 34.6 Å². The smallest absolute Gasteiger partial charge is 0.328 e. The zero-order chi connectivity index (χ0) is 23.3. The number of benzene rings is 1. The summed E-state index contributed by atoms with van der Waals surface area (Å²) in [5.74, 6) is -1.50. The highest BCUT2D eigenvalue weighted by atomic mass is 16.5. The maximum absolute atomic E-state index is 13.1. The standard InChI is InChI=1S/C23H30N4O5/c1-13(2)10-18(26-21(29)17-8-9-20(28)25-17)22(30)27-19(23(31)32-3)11-14-12-24-16-7-5-4-6-15(14)16/h4-7,12-13,17-19,24H,8-11H2,1-3H3,(H,25,28)(H,26,29)(H,27,30)/t17-,18-,19-/m0/s1. The van der Waals surface area contributed by atoms with Gasteiger partial charge in [0.25, 0.3) is 0 Å². The molecule has 9 heteroatoms. The van der Waals surface area contributed by atoms with Gasteiger partial charge in [0.05, 0.1) is 7.11 Å². The van der Waals surface area contributed by atoms with Gasteiger partial charge in [0, 0.05) is 29.9 Å². The molecule has 0 saturated carbocycles. The third-order valence-electron chi connectivity index (χ3n) is 5.55. The first-order valence-corrected chi connectivity index (χ1v) is 10.8. The van der Waals surface area contributed by atoms with E-state index < -0.39 is 35.9 Å². The molecule has 9 nitrogen and oxygen atoms in total. The van der Waals surface area contributed by atoms with Crippen molar-refractivity contribution in [2.24, 2.45) is 5.92 Å². The minimum Gasteiger partial charge on any atom is -0.467 e. The van der Waals surface area contributed by atoms with Crippen LogP contribution in [0.25, 0.3) is 10.9 Å². The van der Waals surface area contributed by atoms with Crippen LogP contribution in [0.3, 0.4) is 0 Å². The lowest BCUT2D eigenvalue weighted by Gasteiger charge is -2.24. The summed E-state index contributed by atoms with van der Waals surface area (Å²) in [6.45, 7) is 3.88. The Bertz CT molecular complexity index is 999. The van der Waals surface area contributed by atoms with Crippen LogP contribution in [0.15, 0.2) is 30.5 Å². The Hall–Kier alpha value is -3.36. The monoisotopic (exact) mass is 442 g/mol. The van der Waals surface area contributed by atoms with Crippen molar-refractivity contribution in [1.82, 2.24) is 20.9 Å². The zero-order valence-corrected chi connectivity index (χ0v) is 18.6. The van der Waals surface area contributed by atoms with Crippen LogP contribution in [0.5, 0.6) is 0 Å². The number of carbonyl (C=O) groups excluding carboxylic acids is 4. The molecule has 1 saturated heterocycles. The van der Waals surface area contributed by atoms with Gasteiger partial charge in [0.1, 0.15) is 18.1 Å². The average Bonchev–Trinajstić information content (AvgIpc) is 3.38. The normalized spacial score (nSPS) is 17.6. The van der Waals surface area contributed by atoms with Crippen molar-refractivity contribution in [3.05, 3.63) is 36.0 Å². The Balaban J connectivity index is 1.73. The fourth-order valence-electron chi connectivity index (χ4n) is 3.91. The molecule has 2 heterocycles. The summed E-state index contributed by atoms with van der Waals surface area (Å²) in [5.41, 5.74) is 1.80. The highest BCUT2D eigenvalue weighted by molar-refractivity contribution is 5.95. The molecule has 0 bridgehead atoms. The fraction of sp³-hybridized carbons (Fsp3) is 0.478. The Kier molecular flexibility index (Phi) is 7.50. The number of para-hydroxylation sites is 1. The molecule has 0 spiro atoms. The van der Waals surface area contributed by atoms with E-state index in [9.17, 15) is 19.2 Å². The SMILES string of the molecule is COC(=O)[C@H](Cc1c[nH]c2ccccc12)NC(=O)[C@H](CC(C)C)NC(=O)[C@@H]1CCC(=O)N1. The average molecular weight is 443 g/mol. The Labute approximate surface area is 186 Å². The number of H-pyrrole nitrogens is 1. The minimum atomic E-state index is -0.913. The van der Waals surface area contributed by atoms with Crippen molar-refractivity contribution in [2.75, 3.05) is 7.11 Å². The number of esters is 1. The summed E-state index contributed by atoms with van der Waals surface area (Å²) >= 11 is 0. The number of nitrogens with one attached hydrogen (secondary N) is 4. The quantitative estimate of drug-likeness (QED) is 0.434. The lowest BCUT2D eigenvalue weighted by molar-refractivity contribution is -0.145. The molecule has 172 valence electrons. The first-order valence-electron chi connectivity index (χ1n) is 10.8. The highest BCUT2D eigenvalue weighted by Crippen LogP contribution is 2.19. The molecule has 1 aliphatic heterocycles. The fourth-order valence-corrected chi connectivity index (χ4v) is 3.91. The molecule has 1 aromatic heterocycles. The lowest BCUT2D eigenvalue weighted by atomic mass is 10.0. The van der Waals surface area contributed by atoms with Crippen molar-refractivity contribution in [1.29, 1.82) is 0 Å². The number of hydrogen-bond donors (Lipinski definition) is 4. The molecule has 3 atom stereocenters. The molecule has 3 rings (SSSR count). The highest BCUT2D eigenvalue weighted by Gasteiger charge is 2.32. The Morgan fingerprint density at radius 1 is 1.16 bits per heavy atom. The van der Waals surface area contributed by atoms with Gasteiger partial charge in [-0.15, -0.1) is 0 Å². The summed E-state index contributed by atoms with van der Waals surface area (Å²) < 4.78 is 4.91. The van der Waals surface area contributed by atoms with E-state index in [1.54, 1.807) is 0 Å². The van der Waals surface area contributed by atoms with Gasteiger partial charge in [0.15, 0.2) is 0 Å². The van der Waals surface area contributed by atoms with Crippen molar-refractivity contribution in [3.63, 3.8) is 0 Å². The van der Waals surface area contributed by atoms with E-state index in [1.165, 1.54) is 7.11 Å². The molecule has 3 amide bonds. The summed E-state index contributed by atoms with van der Waals surface area (Å²) in [5, 5.41) is 9.05. The van der Waals surface area contributed by atoms with E-state index in [2.05, 4.69) is 20.9 Å². The second-order valence-corrected chi connectivity index (χ2v) is 8.50. The van der Waals surface area contributed by atoms with Crippen molar-refractivity contribution in [2.45, 2.75) is 57.7 Å². The van der Waals surface area contributed by atoms with Crippen LogP contribution in [0, 0.1) is 5.92 Å². The third-order valence-corrected chi connectivity index (χ3v) is 5.55. The van der Waals surface area contributed by atoms with E-state index in [0.29, 0.717) is 12.8 Å². The Morgan fingerprint density at radius 3 is 2.56 bits per heavy atom. The number of aromatic amines is 1. The molecule has 0 radical (unpaired) electrons. The number of hydrogen-bond acceptors (Lipinski definition) is 5. The predicted octanol–water partition coefficient (Wildman–Crippen LogP) is 1.18. The molecule has 0 unspecified atom stereocenters. The van der Waals surface area contributed by atoms with Gasteiger partial charge in [-0.3, -0.25) is 14.4 Å². The van der Waals surface area contributed by atoms with Crippen LogP contribution in [0.2, 0.25) is 0 Å². The van der Waals surface area contributed by atoms with Crippen molar-refractivity contribution < 1.29 is 23.9 Å². The van der Waals surface area contributed by atoms with Gasteiger partial charge in [-0.25, -0.2) is 4.79 Å². The third kappa shape index (κ3) is 5.66. The first kappa shape index (κ1) is 23.3. The number of aromatic nitrogens is 1. The lowest BCUT2D eigenvalue weighted by Crippen LogP contribution is -2.55. The number of carbonyl (C=O) groups is 4. The van der Waals surface area contributed by atoms with Gasteiger partial charge >= 0.3 is 5.97 Å². The molecular weight excluding hydrogens is 412 g/mol. The maximum atomic E-state index is 13.1. The molecule has 2 aromatic rings. The molecule has 1 aromatic carbocycles. The largest absolute Gasteiger partial charge is 0.467 e. The number of amides is 3. The summed E-state index contributed by atoms with van der Waals surface area (Å²) in [6.07, 6.45) is 3.12. The molecule has 1 aliphatic rings. The van der Waals surface area contributed by atoms with E-state index in [4.69, 9.17) is 4.74 Å². The van der Waals surface area contributed by atoms with Gasteiger partial charge in [-0.1, -0.05) is 32.0 Å². The van der Waals surface area contributed by atoms with Gasteiger partial charge in [-0.2, -0.15) is 0 Å². The number of rotatable bonds is 9. The van der Waals surface area contributed by atoms with Gasteiger partial charge < -0.3 is 25.7 Å². The van der Waals surface area contributed by atoms with E-state index in [-0.39, 0.29) is 24.7 Å². The van der Waals surface area contributed by atoms with Gasteiger partial charge in [0.2, 0.25) is 17.7 Å². The minimum absolute atomic E-state index is 0.120. The van der Waals surface area contributed by atoms with Crippen LogP contribution < -0.4 is 16.0 Å². The van der Waals surface area contributed by atoms with E-state index in [0.717, 1.165) is 16.5 Å². The Morgan fingerprint density at radius 2 is 1.91 bits per heavy atom. The molecule has 1 fully saturated rings. The number of ether oxygens (including phenoxy) is 1. The maximum Gasteiger partial charge on any atom is 0.328 e. The van der Waals surface area contributed by atoms with Crippen LogP contribution >= 0.6 is 0 Å². The summed E-state index contributed by atoms with van der Waals surface area (Å²) in [7, 11) is 1.27. The van der Waals surface area contributed by atoms with Crippen LogP contribution in [0.4, 0.5) is 0 Å². The molecule has 4 N–H and O–H groups in total. The van der Waals surface area contributed by atoms with Crippen LogP contribution in [-0.2, 0) is 30.3 Å². The number of methoxy groups -OCH3 is 1. The van der Waals surface area contributed by atoms with Crippen molar-refractivity contribution in [3.8, 4) is 0 Å². The second kappa shape index (κ2) is 10.3. The van der Waals surface area contributed by atoms with E-state index >= 15 is 0 Å². The number of fused-ring (bicyclic) bond motifs is 1. The molecular formula is C23H30N4O5. The molecule has 32 heavy (non-hydrogen) atoms. The zero-order valence-electron chi connectivity index (χ0n) is 18.6. The van der Waals surface area contributed by atoms with Gasteiger partial charge in [-0.05, 0) is 30.4 Å². The summed E-state index contributed by atoms with van der Waals surface area (Å²) in [6, 6.07) is 5.29. The first-order chi connectivity index (χ1) is 15.3. The predicted molar refractivity (Wildman–Crippen MR) is 118 cm³/mol. The topological polar surface area (TPSA) is 129 Å². The summed E-state index contributed by atoms with van der Waals surface area (Å²) in [4.78, 5) is 52.7. The van der Waals surface area contributed by atoms with E-state index in [1.807, 2.05) is 44.3 Å². The van der Waals surface area contributed by atoms with Crippen LogP contribution in [-0.4, -0.2) is 53.9 Å². The van der Waals surface area contributed by atoms with Crippen LogP contribution in [0.1, 0.15) is 38.7 Å².